The van der Waals surface area contributed by atoms with Gasteiger partial charge in [-0.15, -0.1) is 0 Å². The Balaban J connectivity index is 1.71. The van der Waals surface area contributed by atoms with Crippen LogP contribution < -0.4 is 5.32 Å². The lowest BCUT2D eigenvalue weighted by Gasteiger charge is -2.42. The summed E-state index contributed by atoms with van der Waals surface area (Å²) in [5.74, 6) is 0.919. The average Bonchev–Trinajstić information content (AvgIpc) is 2.40. The topological polar surface area (TPSA) is 18.5 Å². The molecule has 0 radical (unpaired) electrons. The lowest BCUT2D eigenvalue weighted by Crippen LogP contribution is -2.49. The van der Waals surface area contributed by atoms with Gasteiger partial charge in [-0.05, 0) is 85.2 Å². The summed E-state index contributed by atoms with van der Waals surface area (Å²) in [6, 6.07) is 1.60. The van der Waals surface area contributed by atoms with Crippen molar-refractivity contribution in [3.63, 3.8) is 0 Å². The van der Waals surface area contributed by atoms with Crippen LogP contribution in [0.3, 0.4) is 0 Å². The molecular weight excluding hydrogens is 222 g/mol. The molecule has 3 nitrogen and oxygen atoms in total. The van der Waals surface area contributed by atoms with Crippen molar-refractivity contribution >= 4 is 0 Å². The Hall–Kier alpha value is -0.120. The molecule has 2 aliphatic heterocycles. The van der Waals surface area contributed by atoms with Crippen LogP contribution >= 0.6 is 0 Å². The molecule has 2 saturated heterocycles. The van der Waals surface area contributed by atoms with Crippen molar-refractivity contribution in [2.75, 3.05) is 39.8 Å². The summed E-state index contributed by atoms with van der Waals surface area (Å²) >= 11 is 0. The minimum absolute atomic E-state index is 0.729. The lowest BCUT2D eigenvalue weighted by atomic mass is 9.93. The first-order valence-electron chi connectivity index (χ1n) is 7.83. The van der Waals surface area contributed by atoms with Gasteiger partial charge >= 0.3 is 0 Å². The number of hydrogen-bond acceptors (Lipinski definition) is 3. The molecule has 0 amide bonds. The van der Waals surface area contributed by atoms with Gasteiger partial charge in [-0.25, -0.2) is 0 Å². The van der Waals surface area contributed by atoms with E-state index in [1.807, 2.05) is 0 Å². The van der Waals surface area contributed by atoms with Gasteiger partial charge < -0.3 is 15.1 Å². The molecule has 0 aromatic carbocycles. The van der Waals surface area contributed by atoms with E-state index in [0.29, 0.717) is 0 Å². The quantitative estimate of drug-likeness (QED) is 0.824. The summed E-state index contributed by atoms with van der Waals surface area (Å²) in [7, 11) is 2.08. The van der Waals surface area contributed by atoms with Crippen LogP contribution in [-0.4, -0.2) is 61.7 Å². The van der Waals surface area contributed by atoms with E-state index >= 15 is 0 Å². The van der Waals surface area contributed by atoms with Crippen LogP contribution in [0.1, 0.15) is 39.5 Å². The van der Waals surface area contributed by atoms with Crippen LogP contribution in [0.2, 0.25) is 0 Å². The predicted molar refractivity (Wildman–Crippen MR) is 78.0 cm³/mol. The average molecular weight is 253 g/mol. The van der Waals surface area contributed by atoms with Crippen molar-refractivity contribution in [3.8, 4) is 0 Å². The molecule has 2 rings (SSSR count). The van der Waals surface area contributed by atoms with Gasteiger partial charge in [0.25, 0.3) is 0 Å². The van der Waals surface area contributed by atoms with Crippen LogP contribution in [-0.2, 0) is 0 Å². The fourth-order valence-electron chi connectivity index (χ4n) is 3.58. The van der Waals surface area contributed by atoms with Gasteiger partial charge in [-0.2, -0.15) is 0 Å². The monoisotopic (exact) mass is 253 g/mol. The molecule has 1 N–H and O–H groups in total. The molecule has 0 aromatic rings. The number of nitrogens with zero attached hydrogens (tertiary/aromatic N) is 2. The Bertz CT molecular complexity index is 226. The van der Waals surface area contributed by atoms with Gasteiger partial charge in [0.1, 0.15) is 0 Å². The number of nitrogens with one attached hydrogen (secondary N) is 1. The summed E-state index contributed by atoms with van der Waals surface area (Å²) < 4.78 is 0. The third-order valence-electron chi connectivity index (χ3n) is 4.89. The maximum Gasteiger partial charge on any atom is 0.0120 e. The summed E-state index contributed by atoms with van der Waals surface area (Å²) in [5, 5.41) is 3.32. The third-order valence-corrected chi connectivity index (χ3v) is 4.89. The number of likely N-dealkylation sites (tertiary alicyclic amines) is 2. The predicted octanol–water partition coefficient (Wildman–Crippen LogP) is 1.79. The van der Waals surface area contributed by atoms with Crippen LogP contribution in [0.4, 0.5) is 0 Å². The summed E-state index contributed by atoms with van der Waals surface area (Å²) in [6.45, 7) is 11.1. The first-order valence-corrected chi connectivity index (χ1v) is 7.83. The molecule has 18 heavy (non-hydrogen) atoms. The van der Waals surface area contributed by atoms with E-state index in [2.05, 4.69) is 36.0 Å². The molecule has 0 spiro atoms. The molecule has 2 fully saturated rings. The highest BCUT2D eigenvalue weighted by Crippen LogP contribution is 2.24. The van der Waals surface area contributed by atoms with Gasteiger partial charge in [0.15, 0.2) is 0 Å². The van der Waals surface area contributed by atoms with Gasteiger partial charge in [-0.1, -0.05) is 0 Å². The summed E-state index contributed by atoms with van der Waals surface area (Å²) in [6.07, 6.45) is 5.56. The molecule has 0 saturated carbocycles. The Morgan fingerprint density at radius 1 is 1.00 bits per heavy atom. The second kappa shape index (κ2) is 6.88. The van der Waals surface area contributed by atoms with Crippen molar-refractivity contribution in [2.45, 2.75) is 51.6 Å². The van der Waals surface area contributed by atoms with Gasteiger partial charge in [0, 0.05) is 12.1 Å². The maximum absolute atomic E-state index is 3.32. The van der Waals surface area contributed by atoms with Crippen LogP contribution in [0.5, 0.6) is 0 Å². The van der Waals surface area contributed by atoms with E-state index in [1.54, 1.807) is 0 Å². The standard InChI is InChI=1S/C15H31N3/c1-13(2)17-10-6-15(7-11-17)18-8-4-14(5-9-18)12-16-3/h13-16H,4-12H2,1-3H3. The van der Waals surface area contributed by atoms with E-state index < -0.39 is 0 Å². The first kappa shape index (κ1) is 14.3. The number of piperidine rings is 2. The Morgan fingerprint density at radius 3 is 2.11 bits per heavy atom. The highest BCUT2D eigenvalue weighted by Gasteiger charge is 2.28. The van der Waals surface area contributed by atoms with Gasteiger partial charge in [-0.3, -0.25) is 0 Å². The van der Waals surface area contributed by atoms with E-state index in [1.165, 1.54) is 58.4 Å². The molecule has 0 unspecified atom stereocenters. The molecular formula is C15H31N3. The van der Waals surface area contributed by atoms with Crippen LogP contribution in [0, 0.1) is 5.92 Å². The highest BCUT2D eigenvalue weighted by molar-refractivity contribution is 4.84. The van der Waals surface area contributed by atoms with Gasteiger partial charge in [0.2, 0.25) is 0 Å². The van der Waals surface area contributed by atoms with Crippen molar-refractivity contribution in [1.82, 2.24) is 15.1 Å². The van der Waals surface area contributed by atoms with Crippen molar-refractivity contribution in [1.29, 1.82) is 0 Å². The van der Waals surface area contributed by atoms with Crippen molar-refractivity contribution in [2.24, 2.45) is 5.92 Å². The van der Waals surface area contributed by atoms with Gasteiger partial charge in [0.05, 0.1) is 0 Å². The fourth-order valence-corrected chi connectivity index (χ4v) is 3.58. The summed E-state index contributed by atoms with van der Waals surface area (Å²) in [5.41, 5.74) is 0. The smallest absolute Gasteiger partial charge is 0.0120 e. The zero-order chi connectivity index (χ0) is 13.0. The molecule has 2 aliphatic rings. The second-order valence-corrected chi connectivity index (χ2v) is 6.40. The van der Waals surface area contributed by atoms with Crippen LogP contribution in [0.15, 0.2) is 0 Å². The third kappa shape index (κ3) is 3.69. The van der Waals surface area contributed by atoms with Crippen LogP contribution in [0.25, 0.3) is 0 Å². The first-order chi connectivity index (χ1) is 8.70. The molecule has 106 valence electrons. The minimum atomic E-state index is 0.729. The highest BCUT2D eigenvalue weighted by atomic mass is 15.2. The summed E-state index contributed by atoms with van der Waals surface area (Å²) in [4.78, 5) is 5.40. The Kier molecular flexibility index (Phi) is 5.46. The van der Waals surface area contributed by atoms with E-state index in [-0.39, 0.29) is 0 Å². The normalized spacial score (nSPS) is 26.0. The Morgan fingerprint density at radius 2 is 1.61 bits per heavy atom. The lowest BCUT2D eigenvalue weighted by molar-refractivity contribution is 0.0675. The SMILES string of the molecule is CNCC1CCN(C2CCN(C(C)C)CC2)CC1. The molecule has 0 aromatic heterocycles. The fraction of sp³-hybridized carbons (Fsp3) is 1.00. The molecule has 0 atom stereocenters. The largest absolute Gasteiger partial charge is 0.319 e. The number of hydrogen-bond donors (Lipinski definition) is 1. The second-order valence-electron chi connectivity index (χ2n) is 6.40. The molecule has 3 heteroatoms. The number of rotatable bonds is 4. The van der Waals surface area contributed by atoms with E-state index in [0.717, 1.165) is 18.0 Å². The minimum Gasteiger partial charge on any atom is -0.319 e. The van der Waals surface area contributed by atoms with Crippen molar-refractivity contribution in [3.05, 3.63) is 0 Å². The van der Waals surface area contributed by atoms with Crippen molar-refractivity contribution < 1.29 is 0 Å². The molecule has 0 aliphatic carbocycles. The van der Waals surface area contributed by atoms with E-state index in [4.69, 9.17) is 0 Å². The maximum atomic E-state index is 3.32. The molecule has 2 heterocycles. The van der Waals surface area contributed by atoms with E-state index in [9.17, 15) is 0 Å². The zero-order valence-electron chi connectivity index (χ0n) is 12.5. The zero-order valence-corrected chi connectivity index (χ0v) is 12.5. The molecule has 0 bridgehead atoms. The Labute approximate surface area is 113 Å².